The maximum absolute atomic E-state index is 12.3. The molecule has 0 unspecified atom stereocenters. The summed E-state index contributed by atoms with van der Waals surface area (Å²) in [7, 11) is 0. The highest BCUT2D eigenvalue weighted by molar-refractivity contribution is 5.79. The van der Waals surface area contributed by atoms with Crippen molar-refractivity contribution in [1.29, 1.82) is 0 Å². The first-order valence-electron chi connectivity index (χ1n) is 9.04. The summed E-state index contributed by atoms with van der Waals surface area (Å²) in [5.74, 6) is 1.01. The minimum absolute atomic E-state index is 0.0527. The van der Waals surface area contributed by atoms with Crippen molar-refractivity contribution in [2.75, 3.05) is 32.8 Å². The Bertz CT molecular complexity index is 510. The molecule has 4 heteroatoms. The van der Waals surface area contributed by atoms with Crippen LogP contribution in [0, 0.1) is 5.92 Å². The first-order valence-corrected chi connectivity index (χ1v) is 9.04. The summed E-state index contributed by atoms with van der Waals surface area (Å²) in [5, 5.41) is 3.09. The lowest BCUT2D eigenvalue weighted by Crippen LogP contribution is -2.38. The predicted molar refractivity (Wildman–Crippen MR) is 91.7 cm³/mol. The summed E-state index contributed by atoms with van der Waals surface area (Å²) in [6.07, 6.45) is 7.22. The summed E-state index contributed by atoms with van der Waals surface area (Å²) in [4.78, 5) is 14.9. The van der Waals surface area contributed by atoms with Crippen LogP contribution in [0.1, 0.15) is 37.7 Å². The molecule has 1 aromatic rings. The number of carbonyl (C=O) groups excluding carboxylic acids is 1. The molecule has 0 spiro atoms. The number of rotatable bonds is 5. The van der Waals surface area contributed by atoms with Gasteiger partial charge in [-0.05, 0) is 56.9 Å². The van der Waals surface area contributed by atoms with E-state index >= 15 is 0 Å². The van der Waals surface area contributed by atoms with Crippen LogP contribution < -0.4 is 10.1 Å². The Labute approximate surface area is 139 Å². The summed E-state index contributed by atoms with van der Waals surface area (Å²) in [5.41, 5.74) is 1.14. The number of fused-ring (bicyclic) bond motifs is 1. The molecular weight excluding hydrogens is 288 g/mol. The van der Waals surface area contributed by atoms with Gasteiger partial charge in [0.05, 0.1) is 5.92 Å². The van der Waals surface area contributed by atoms with E-state index in [0.29, 0.717) is 6.61 Å². The van der Waals surface area contributed by atoms with Crippen molar-refractivity contribution in [3.8, 4) is 5.75 Å². The summed E-state index contributed by atoms with van der Waals surface area (Å²) < 4.78 is 5.70. The van der Waals surface area contributed by atoms with Crippen molar-refractivity contribution in [3.63, 3.8) is 0 Å². The van der Waals surface area contributed by atoms with Gasteiger partial charge in [-0.1, -0.05) is 31.0 Å². The van der Waals surface area contributed by atoms with Gasteiger partial charge < -0.3 is 15.0 Å². The molecule has 1 atom stereocenters. The lowest BCUT2D eigenvalue weighted by molar-refractivity contribution is -0.126. The fraction of sp³-hybridized carbons (Fsp3) is 0.632. The fourth-order valence-electron chi connectivity index (χ4n) is 3.51. The number of hydrogen-bond donors (Lipinski definition) is 1. The third-order valence-electron chi connectivity index (χ3n) is 4.90. The summed E-state index contributed by atoms with van der Waals surface area (Å²) >= 11 is 0. The van der Waals surface area contributed by atoms with Gasteiger partial charge in [0.15, 0.2) is 0 Å². The molecule has 1 fully saturated rings. The SMILES string of the molecule is O=C(NCCCN1CCCCCC1)[C@H]1COc2ccccc2C1. The number of nitrogens with zero attached hydrogens (tertiary/aromatic N) is 1. The van der Waals surface area contributed by atoms with Gasteiger partial charge in [-0.2, -0.15) is 0 Å². The molecule has 0 saturated carbocycles. The minimum atomic E-state index is -0.0527. The molecule has 1 saturated heterocycles. The largest absolute Gasteiger partial charge is 0.492 e. The zero-order chi connectivity index (χ0) is 15.9. The molecule has 1 amide bonds. The topological polar surface area (TPSA) is 41.6 Å². The van der Waals surface area contributed by atoms with Gasteiger partial charge in [0.1, 0.15) is 12.4 Å². The normalized spacial score (nSPS) is 21.8. The molecule has 4 nitrogen and oxygen atoms in total. The highest BCUT2D eigenvalue weighted by Gasteiger charge is 2.25. The van der Waals surface area contributed by atoms with Gasteiger partial charge in [-0.15, -0.1) is 0 Å². The van der Waals surface area contributed by atoms with E-state index in [1.54, 1.807) is 0 Å². The number of carbonyl (C=O) groups is 1. The van der Waals surface area contributed by atoms with Crippen LogP contribution in [0.3, 0.4) is 0 Å². The smallest absolute Gasteiger partial charge is 0.226 e. The molecule has 0 aromatic heterocycles. The number of benzene rings is 1. The quantitative estimate of drug-likeness (QED) is 0.849. The summed E-state index contributed by atoms with van der Waals surface area (Å²) in [6, 6.07) is 8.00. The fourth-order valence-corrected chi connectivity index (χ4v) is 3.51. The van der Waals surface area contributed by atoms with Crippen molar-refractivity contribution in [1.82, 2.24) is 10.2 Å². The zero-order valence-electron chi connectivity index (χ0n) is 13.9. The number of hydrogen-bond acceptors (Lipinski definition) is 3. The first-order chi connectivity index (χ1) is 11.3. The number of likely N-dealkylation sites (tertiary alicyclic amines) is 1. The van der Waals surface area contributed by atoms with Crippen LogP contribution in [0.5, 0.6) is 5.75 Å². The molecule has 2 heterocycles. The van der Waals surface area contributed by atoms with Gasteiger partial charge in [0.2, 0.25) is 5.91 Å². The molecule has 0 radical (unpaired) electrons. The zero-order valence-corrected chi connectivity index (χ0v) is 13.9. The van der Waals surface area contributed by atoms with Crippen LogP contribution in [0.2, 0.25) is 0 Å². The number of para-hydroxylation sites is 1. The Morgan fingerprint density at radius 1 is 1.17 bits per heavy atom. The van der Waals surface area contributed by atoms with Crippen LogP contribution in [0.25, 0.3) is 0 Å². The van der Waals surface area contributed by atoms with E-state index < -0.39 is 0 Å². The average Bonchev–Trinajstić information content (AvgIpc) is 2.87. The van der Waals surface area contributed by atoms with E-state index in [1.807, 2.05) is 24.3 Å². The van der Waals surface area contributed by atoms with Crippen LogP contribution in [-0.4, -0.2) is 43.6 Å². The molecule has 126 valence electrons. The maximum atomic E-state index is 12.3. The molecular formula is C19H28N2O2. The van der Waals surface area contributed by atoms with Crippen LogP contribution in [0.4, 0.5) is 0 Å². The van der Waals surface area contributed by atoms with Crippen molar-refractivity contribution in [3.05, 3.63) is 29.8 Å². The number of nitrogens with one attached hydrogen (secondary N) is 1. The number of amides is 1. The van der Waals surface area contributed by atoms with Gasteiger partial charge in [-0.3, -0.25) is 4.79 Å². The molecule has 2 aliphatic heterocycles. The second-order valence-corrected chi connectivity index (χ2v) is 6.72. The average molecular weight is 316 g/mol. The van der Waals surface area contributed by atoms with Crippen molar-refractivity contribution in [2.45, 2.75) is 38.5 Å². The summed E-state index contributed by atoms with van der Waals surface area (Å²) in [6.45, 7) is 4.81. The van der Waals surface area contributed by atoms with E-state index in [0.717, 1.165) is 37.2 Å². The van der Waals surface area contributed by atoms with E-state index in [-0.39, 0.29) is 11.8 Å². The van der Waals surface area contributed by atoms with Crippen LogP contribution in [-0.2, 0) is 11.2 Å². The molecule has 23 heavy (non-hydrogen) atoms. The lowest BCUT2D eigenvalue weighted by Gasteiger charge is -2.25. The molecule has 3 rings (SSSR count). The second kappa shape index (κ2) is 8.34. The predicted octanol–water partition coefficient (Wildman–Crippen LogP) is 2.62. The van der Waals surface area contributed by atoms with E-state index in [1.165, 1.54) is 38.8 Å². The van der Waals surface area contributed by atoms with E-state index in [4.69, 9.17) is 4.74 Å². The molecule has 1 aromatic carbocycles. The van der Waals surface area contributed by atoms with Crippen LogP contribution in [0.15, 0.2) is 24.3 Å². The Morgan fingerprint density at radius 2 is 1.96 bits per heavy atom. The molecule has 0 aliphatic carbocycles. The van der Waals surface area contributed by atoms with Crippen molar-refractivity contribution < 1.29 is 9.53 Å². The third kappa shape index (κ3) is 4.71. The third-order valence-corrected chi connectivity index (χ3v) is 4.90. The van der Waals surface area contributed by atoms with E-state index in [2.05, 4.69) is 10.2 Å². The maximum Gasteiger partial charge on any atom is 0.226 e. The molecule has 2 aliphatic rings. The Morgan fingerprint density at radius 3 is 2.78 bits per heavy atom. The Balaban J connectivity index is 1.37. The minimum Gasteiger partial charge on any atom is -0.492 e. The highest BCUT2D eigenvalue weighted by atomic mass is 16.5. The molecule has 1 N–H and O–H groups in total. The standard InChI is InChI=1S/C19H28N2O2/c22-19(17-14-16-8-3-4-9-18(16)23-15-17)20-10-7-13-21-11-5-1-2-6-12-21/h3-4,8-9,17H,1-2,5-7,10-15H2,(H,20,22)/t17-/m1/s1. The van der Waals surface area contributed by atoms with Gasteiger partial charge in [-0.25, -0.2) is 0 Å². The highest BCUT2D eigenvalue weighted by Crippen LogP contribution is 2.26. The monoisotopic (exact) mass is 316 g/mol. The van der Waals surface area contributed by atoms with Crippen molar-refractivity contribution >= 4 is 5.91 Å². The van der Waals surface area contributed by atoms with E-state index in [9.17, 15) is 4.79 Å². The Kier molecular flexibility index (Phi) is 5.92. The van der Waals surface area contributed by atoms with Gasteiger partial charge in [0, 0.05) is 6.54 Å². The van der Waals surface area contributed by atoms with Crippen LogP contribution >= 0.6 is 0 Å². The second-order valence-electron chi connectivity index (χ2n) is 6.72. The van der Waals surface area contributed by atoms with Gasteiger partial charge >= 0.3 is 0 Å². The van der Waals surface area contributed by atoms with Gasteiger partial charge in [0.25, 0.3) is 0 Å². The molecule has 0 bridgehead atoms. The Hall–Kier alpha value is -1.55. The first kappa shape index (κ1) is 16.3. The lowest BCUT2D eigenvalue weighted by atomic mass is 9.96. The number of ether oxygens (including phenoxy) is 1. The van der Waals surface area contributed by atoms with Crippen molar-refractivity contribution in [2.24, 2.45) is 5.92 Å².